The largest absolute Gasteiger partial charge is 0.487 e. The number of rotatable bonds is 3. The molecule has 2 fully saturated rings. The van der Waals surface area contributed by atoms with Gasteiger partial charge in [-0.2, -0.15) is 0 Å². The quantitative estimate of drug-likeness (QED) is 0.890. The van der Waals surface area contributed by atoms with Crippen LogP contribution >= 0.6 is 0 Å². The topological polar surface area (TPSA) is 47.0 Å². The predicted octanol–water partition coefficient (Wildman–Crippen LogP) is 2.27. The van der Waals surface area contributed by atoms with Gasteiger partial charge in [-0.25, -0.2) is 9.97 Å². The summed E-state index contributed by atoms with van der Waals surface area (Å²) in [7, 11) is 0. The van der Waals surface area contributed by atoms with Crippen LogP contribution < -0.4 is 10.1 Å². The lowest BCUT2D eigenvalue weighted by Gasteiger charge is -2.21. The second-order valence-corrected chi connectivity index (χ2v) is 5.34. The van der Waals surface area contributed by atoms with E-state index in [-0.39, 0.29) is 0 Å². The van der Waals surface area contributed by atoms with Crippen molar-refractivity contribution in [2.75, 3.05) is 13.1 Å². The highest BCUT2D eigenvalue weighted by Gasteiger charge is 2.19. The lowest BCUT2D eigenvalue weighted by Crippen LogP contribution is -2.29. The summed E-state index contributed by atoms with van der Waals surface area (Å²) in [4.78, 5) is 8.94. The van der Waals surface area contributed by atoms with Crippen LogP contribution in [-0.4, -0.2) is 29.2 Å². The standard InChI is InChI=1S/C14H21N3O/c1-2-6-12(5-1)18-13-9-16-14(17-10-13)11-4-3-7-15-8-11/h9-12,15H,1-8H2. The number of hydrogen-bond acceptors (Lipinski definition) is 4. The van der Waals surface area contributed by atoms with Gasteiger partial charge in [0, 0.05) is 12.5 Å². The molecule has 2 heterocycles. The smallest absolute Gasteiger partial charge is 0.156 e. The van der Waals surface area contributed by atoms with Crippen molar-refractivity contribution in [3.63, 3.8) is 0 Å². The van der Waals surface area contributed by atoms with Gasteiger partial charge < -0.3 is 10.1 Å². The number of piperidine rings is 1. The SMILES string of the molecule is c1nc(C2CCCNC2)ncc1OC1CCCC1. The van der Waals surface area contributed by atoms with Crippen LogP contribution in [-0.2, 0) is 0 Å². The van der Waals surface area contributed by atoms with E-state index >= 15 is 0 Å². The molecular weight excluding hydrogens is 226 g/mol. The number of ether oxygens (including phenoxy) is 1. The van der Waals surface area contributed by atoms with Crippen LogP contribution in [0.4, 0.5) is 0 Å². The van der Waals surface area contributed by atoms with Gasteiger partial charge in [0.2, 0.25) is 0 Å². The van der Waals surface area contributed by atoms with Crippen molar-refractivity contribution in [3.05, 3.63) is 18.2 Å². The van der Waals surface area contributed by atoms with E-state index in [1.807, 2.05) is 12.4 Å². The Balaban J connectivity index is 1.60. The first-order valence-corrected chi connectivity index (χ1v) is 7.11. The molecule has 18 heavy (non-hydrogen) atoms. The Morgan fingerprint density at radius 3 is 2.50 bits per heavy atom. The van der Waals surface area contributed by atoms with Crippen LogP contribution in [0.15, 0.2) is 12.4 Å². The summed E-state index contributed by atoms with van der Waals surface area (Å²) in [5, 5.41) is 3.40. The highest BCUT2D eigenvalue weighted by molar-refractivity contribution is 5.14. The Morgan fingerprint density at radius 1 is 1.06 bits per heavy atom. The minimum absolute atomic E-state index is 0.385. The molecule has 0 spiro atoms. The molecule has 1 unspecified atom stereocenters. The fourth-order valence-electron chi connectivity index (χ4n) is 2.87. The first-order chi connectivity index (χ1) is 8.92. The van der Waals surface area contributed by atoms with E-state index in [0.717, 1.165) is 24.7 Å². The van der Waals surface area contributed by atoms with Crippen LogP contribution in [0.25, 0.3) is 0 Å². The van der Waals surface area contributed by atoms with Gasteiger partial charge in [-0.3, -0.25) is 0 Å². The van der Waals surface area contributed by atoms with E-state index < -0.39 is 0 Å². The Bertz CT molecular complexity index is 367. The summed E-state index contributed by atoms with van der Waals surface area (Å²) >= 11 is 0. The van der Waals surface area contributed by atoms with Crippen LogP contribution in [0.5, 0.6) is 5.75 Å². The third-order valence-electron chi connectivity index (χ3n) is 3.92. The third-order valence-corrected chi connectivity index (χ3v) is 3.92. The van der Waals surface area contributed by atoms with Crippen LogP contribution in [0.2, 0.25) is 0 Å². The highest BCUT2D eigenvalue weighted by Crippen LogP contribution is 2.24. The lowest BCUT2D eigenvalue weighted by molar-refractivity contribution is 0.208. The average molecular weight is 247 g/mol. The maximum absolute atomic E-state index is 5.88. The molecule has 1 atom stereocenters. The molecule has 1 aliphatic heterocycles. The Hall–Kier alpha value is -1.16. The zero-order valence-electron chi connectivity index (χ0n) is 10.8. The van der Waals surface area contributed by atoms with Crippen molar-refractivity contribution in [1.82, 2.24) is 15.3 Å². The van der Waals surface area contributed by atoms with Crippen LogP contribution in [0, 0.1) is 0 Å². The van der Waals surface area contributed by atoms with Gasteiger partial charge in [-0.1, -0.05) is 0 Å². The van der Waals surface area contributed by atoms with Crippen molar-refractivity contribution in [1.29, 1.82) is 0 Å². The molecule has 3 rings (SSSR count). The number of nitrogens with one attached hydrogen (secondary N) is 1. The van der Waals surface area contributed by atoms with E-state index in [9.17, 15) is 0 Å². The van der Waals surface area contributed by atoms with Gasteiger partial charge in [0.15, 0.2) is 5.75 Å². The van der Waals surface area contributed by atoms with Gasteiger partial charge >= 0.3 is 0 Å². The van der Waals surface area contributed by atoms with Crippen LogP contribution in [0.1, 0.15) is 50.3 Å². The van der Waals surface area contributed by atoms with Crippen molar-refractivity contribution in [3.8, 4) is 5.75 Å². The summed E-state index contributed by atoms with van der Waals surface area (Å²) in [6, 6.07) is 0. The van der Waals surface area contributed by atoms with Crippen molar-refractivity contribution < 1.29 is 4.74 Å². The monoisotopic (exact) mass is 247 g/mol. The second kappa shape index (κ2) is 5.65. The van der Waals surface area contributed by atoms with E-state index in [0.29, 0.717) is 12.0 Å². The van der Waals surface area contributed by atoms with Gasteiger partial charge in [-0.05, 0) is 45.1 Å². The normalized spacial score (nSPS) is 25.2. The fraction of sp³-hybridized carbons (Fsp3) is 0.714. The maximum atomic E-state index is 5.88. The summed E-state index contributed by atoms with van der Waals surface area (Å²) < 4.78 is 5.88. The first kappa shape index (κ1) is 11.9. The minimum atomic E-state index is 0.385. The molecule has 1 saturated heterocycles. The van der Waals surface area contributed by atoms with E-state index in [1.54, 1.807) is 0 Å². The average Bonchev–Trinajstić information content (AvgIpc) is 2.94. The summed E-state index contributed by atoms with van der Waals surface area (Å²) in [5.74, 6) is 2.26. The minimum Gasteiger partial charge on any atom is -0.487 e. The van der Waals surface area contributed by atoms with Crippen molar-refractivity contribution >= 4 is 0 Å². The molecule has 0 radical (unpaired) electrons. The molecule has 2 aliphatic rings. The molecule has 1 aromatic rings. The third kappa shape index (κ3) is 2.80. The van der Waals surface area contributed by atoms with Gasteiger partial charge in [0.1, 0.15) is 5.82 Å². The first-order valence-electron chi connectivity index (χ1n) is 7.11. The highest BCUT2D eigenvalue weighted by atomic mass is 16.5. The van der Waals surface area contributed by atoms with E-state index in [4.69, 9.17) is 4.74 Å². The lowest BCUT2D eigenvalue weighted by atomic mass is 9.99. The fourth-order valence-corrected chi connectivity index (χ4v) is 2.87. The molecule has 0 aromatic carbocycles. The maximum Gasteiger partial charge on any atom is 0.156 e. The molecule has 0 amide bonds. The molecule has 1 saturated carbocycles. The summed E-state index contributed by atoms with van der Waals surface area (Å²) in [5.41, 5.74) is 0. The molecular formula is C14H21N3O. The predicted molar refractivity (Wildman–Crippen MR) is 69.8 cm³/mol. The molecule has 98 valence electrons. The number of nitrogens with zero attached hydrogens (tertiary/aromatic N) is 2. The van der Waals surface area contributed by atoms with Crippen molar-refractivity contribution in [2.24, 2.45) is 0 Å². The molecule has 4 nitrogen and oxygen atoms in total. The molecule has 4 heteroatoms. The van der Waals surface area contributed by atoms with Crippen molar-refractivity contribution in [2.45, 2.75) is 50.5 Å². The Labute approximate surface area is 108 Å². The zero-order valence-corrected chi connectivity index (χ0v) is 10.8. The number of aromatic nitrogens is 2. The van der Waals surface area contributed by atoms with Gasteiger partial charge in [-0.15, -0.1) is 0 Å². The Kier molecular flexibility index (Phi) is 3.74. The zero-order chi connectivity index (χ0) is 12.2. The number of hydrogen-bond donors (Lipinski definition) is 1. The summed E-state index contributed by atoms with van der Waals surface area (Å²) in [6.07, 6.45) is 11.4. The summed E-state index contributed by atoms with van der Waals surface area (Å²) in [6.45, 7) is 2.13. The molecule has 0 bridgehead atoms. The molecule has 1 N–H and O–H groups in total. The molecule has 1 aromatic heterocycles. The van der Waals surface area contributed by atoms with Crippen LogP contribution in [0.3, 0.4) is 0 Å². The second-order valence-electron chi connectivity index (χ2n) is 5.34. The van der Waals surface area contributed by atoms with Gasteiger partial charge in [0.05, 0.1) is 18.5 Å². The van der Waals surface area contributed by atoms with E-state index in [2.05, 4.69) is 15.3 Å². The van der Waals surface area contributed by atoms with E-state index in [1.165, 1.54) is 38.5 Å². The Morgan fingerprint density at radius 2 is 1.83 bits per heavy atom. The molecule has 1 aliphatic carbocycles. The van der Waals surface area contributed by atoms with Gasteiger partial charge in [0.25, 0.3) is 0 Å².